The van der Waals surface area contributed by atoms with Crippen LogP contribution in [0.2, 0.25) is 5.02 Å². The second-order valence-electron chi connectivity index (χ2n) is 2.90. The first kappa shape index (κ1) is 13.4. The van der Waals surface area contributed by atoms with Crippen molar-refractivity contribution in [3.63, 3.8) is 0 Å². The van der Waals surface area contributed by atoms with Crippen molar-refractivity contribution in [2.45, 2.75) is 0 Å². The maximum Gasteiger partial charge on any atom is 0.276 e. The van der Waals surface area contributed by atoms with Gasteiger partial charge in [-0.3, -0.25) is 9.63 Å². The molecule has 0 bridgehead atoms. The van der Waals surface area contributed by atoms with Crippen molar-refractivity contribution in [3.8, 4) is 0 Å². The Kier molecular flexibility index (Phi) is 5.76. The number of amides is 1. The first-order valence-corrected chi connectivity index (χ1v) is 5.68. The third kappa shape index (κ3) is 4.09. The highest BCUT2D eigenvalue weighted by Crippen LogP contribution is 2.20. The summed E-state index contributed by atoms with van der Waals surface area (Å²) in [6.45, 7) is 0.695. The van der Waals surface area contributed by atoms with Crippen LogP contribution in [-0.2, 0) is 9.57 Å². The van der Waals surface area contributed by atoms with Gasteiger partial charge in [0, 0.05) is 11.6 Å². The predicted molar refractivity (Wildman–Crippen MR) is 64.4 cm³/mol. The van der Waals surface area contributed by atoms with Crippen LogP contribution in [0.1, 0.15) is 10.4 Å². The van der Waals surface area contributed by atoms with Crippen LogP contribution >= 0.6 is 27.5 Å². The fourth-order valence-electron chi connectivity index (χ4n) is 0.968. The monoisotopic (exact) mass is 307 g/mol. The van der Waals surface area contributed by atoms with Gasteiger partial charge >= 0.3 is 0 Å². The lowest BCUT2D eigenvalue weighted by Gasteiger charge is -2.07. The van der Waals surface area contributed by atoms with E-state index in [0.717, 1.165) is 4.47 Å². The van der Waals surface area contributed by atoms with Crippen LogP contribution in [0.4, 0.5) is 0 Å². The van der Waals surface area contributed by atoms with Gasteiger partial charge in [0.15, 0.2) is 0 Å². The summed E-state index contributed by atoms with van der Waals surface area (Å²) in [5.41, 5.74) is 2.63. The summed E-state index contributed by atoms with van der Waals surface area (Å²) in [6, 6.07) is 5.01. The fraction of sp³-hybridized carbons (Fsp3) is 0.300. The molecule has 0 fully saturated rings. The summed E-state index contributed by atoms with van der Waals surface area (Å²) >= 11 is 9.13. The second-order valence-corrected chi connectivity index (χ2v) is 4.22. The van der Waals surface area contributed by atoms with Crippen molar-refractivity contribution < 1.29 is 14.4 Å². The van der Waals surface area contributed by atoms with Gasteiger partial charge in [-0.25, -0.2) is 5.48 Å². The van der Waals surface area contributed by atoms with Crippen molar-refractivity contribution >= 4 is 33.4 Å². The van der Waals surface area contributed by atoms with Crippen molar-refractivity contribution in [1.82, 2.24) is 5.48 Å². The van der Waals surface area contributed by atoms with E-state index in [-0.39, 0.29) is 12.5 Å². The molecular formula is C10H11BrClNO3. The van der Waals surface area contributed by atoms with Crippen LogP contribution < -0.4 is 5.48 Å². The fourth-order valence-corrected chi connectivity index (χ4v) is 1.53. The normalized spacial score (nSPS) is 10.2. The maximum absolute atomic E-state index is 11.6. The number of hydrogen-bond acceptors (Lipinski definition) is 3. The lowest BCUT2D eigenvalue weighted by atomic mass is 10.2. The van der Waals surface area contributed by atoms with Crippen LogP contribution in [0.15, 0.2) is 22.7 Å². The predicted octanol–water partition coefficient (Wildman–Crippen LogP) is 2.41. The Morgan fingerprint density at radius 2 is 2.25 bits per heavy atom. The second kappa shape index (κ2) is 6.85. The van der Waals surface area contributed by atoms with Gasteiger partial charge in [0.25, 0.3) is 5.91 Å². The molecule has 0 unspecified atom stereocenters. The van der Waals surface area contributed by atoms with Crippen molar-refractivity contribution in [1.29, 1.82) is 0 Å². The van der Waals surface area contributed by atoms with Crippen molar-refractivity contribution in [2.75, 3.05) is 20.3 Å². The van der Waals surface area contributed by atoms with Gasteiger partial charge in [0.05, 0.1) is 23.8 Å². The number of carbonyl (C=O) groups is 1. The van der Waals surface area contributed by atoms with Crippen LogP contribution in [-0.4, -0.2) is 26.2 Å². The lowest BCUT2D eigenvalue weighted by molar-refractivity contribution is 0.00889. The topological polar surface area (TPSA) is 47.6 Å². The number of hydroxylamine groups is 1. The highest BCUT2D eigenvalue weighted by atomic mass is 79.9. The standard InChI is InChI=1S/C10H11BrClNO3/c1-15-4-5-16-13-10(14)8-6-7(11)2-3-9(8)12/h2-3,6H,4-5H2,1H3,(H,13,14). The number of halogens is 2. The minimum Gasteiger partial charge on any atom is -0.382 e. The summed E-state index contributed by atoms with van der Waals surface area (Å²) in [7, 11) is 1.55. The van der Waals surface area contributed by atoms with Crippen molar-refractivity contribution in [3.05, 3.63) is 33.3 Å². The zero-order chi connectivity index (χ0) is 12.0. The van der Waals surface area contributed by atoms with Gasteiger partial charge in [0.1, 0.15) is 0 Å². The highest BCUT2D eigenvalue weighted by Gasteiger charge is 2.10. The molecule has 1 rings (SSSR count). The molecule has 0 aliphatic carbocycles. The molecular weight excluding hydrogens is 297 g/mol. The Morgan fingerprint density at radius 3 is 2.94 bits per heavy atom. The molecule has 1 aromatic carbocycles. The number of methoxy groups -OCH3 is 1. The molecule has 1 aromatic rings. The summed E-state index contributed by atoms with van der Waals surface area (Å²) in [5, 5.41) is 0.371. The number of rotatable bonds is 5. The van der Waals surface area contributed by atoms with E-state index in [2.05, 4.69) is 21.4 Å². The molecule has 0 atom stereocenters. The number of benzene rings is 1. The minimum atomic E-state index is -0.387. The third-order valence-electron chi connectivity index (χ3n) is 1.73. The number of hydrogen-bond donors (Lipinski definition) is 1. The molecule has 1 amide bonds. The summed E-state index contributed by atoms with van der Waals surface area (Å²) < 4.78 is 5.54. The molecule has 0 heterocycles. The summed E-state index contributed by atoms with van der Waals surface area (Å²) in [4.78, 5) is 16.5. The van der Waals surface area contributed by atoms with Gasteiger partial charge in [-0.15, -0.1) is 0 Å². The molecule has 6 heteroatoms. The Labute approximate surface area is 107 Å². The molecule has 16 heavy (non-hydrogen) atoms. The largest absolute Gasteiger partial charge is 0.382 e. The zero-order valence-electron chi connectivity index (χ0n) is 8.63. The van der Waals surface area contributed by atoms with E-state index in [9.17, 15) is 4.79 Å². The Morgan fingerprint density at radius 1 is 1.50 bits per heavy atom. The molecule has 0 saturated heterocycles. The van der Waals surface area contributed by atoms with E-state index in [4.69, 9.17) is 21.2 Å². The Hall–Kier alpha value is -0.620. The Balaban J connectivity index is 2.55. The third-order valence-corrected chi connectivity index (χ3v) is 2.55. The SMILES string of the molecule is COCCONC(=O)c1cc(Br)ccc1Cl. The van der Waals surface area contributed by atoms with Crippen molar-refractivity contribution in [2.24, 2.45) is 0 Å². The van der Waals surface area contributed by atoms with E-state index in [0.29, 0.717) is 17.2 Å². The average molecular weight is 309 g/mol. The van der Waals surface area contributed by atoms with E-state index in [1.807, 2.05) is 0 Å². The van der Waals surface area contributed by atoms with E-state index in [1.165, 1.54) is 0 Å². The maximum atomic E-state index is 11.6. The molecule has 0 radical (unpaired) electrons. The van der Waals surface area contributed by atoms with Gasteiger partial charge in [-0.05, 0) is 18.2 Å². The van der Waals surface area contributed by atoms with Gasteiger partial charge in [0.2, 0.25) is 0 Å². The highest BCUT2D eigenvalue weighted by molar-refractivity contribution is 9.10. The molecule has 0 spiro atoms. The van der Waals surface area contributed by atoms with E-state index in [1.54, 1.807) is 25.3 Å². The van der Waals surface area contributed by atoms with Crippen LogP contribution in [0.5, 0.6) is 0 Å². The number of ether oxygens (including phenoxy) is 1. The number of carbonyl (C=O) groups excluding carboxylic acids is 1. The average Bonchev–Trinajstić information content (AvgIpc) is 2.27. The Bertz CT molecular complexity index is 373. The quantitative estimate of drug-likeness (QED) is 0.671. The van der Waals surface area contributed by atoms with E-state index >= 15 is 0 Å². The molecule has 1 N–H and O–H groups in total. The molecule has 88 valence electrons. The van der Waals surface area contributed by atoms with Crippen LogP contribution in [0, 0.1) is 0 Å². The minimum absolute atomic E-state index is 0.286. The first-order chi connectivity index (χ1) is 7.65. The summed E-state index contributed by atoms with van der Waals surface area (Å²) in [5.74, 6) is -0.387. The summed E-state index contributed by atoms with van der Waals surface area (Å²) in [6.07, 6.45) is 0. The van der Waals surface area contributed by atoms with Gasteiger partial charge in [-0.1, -0.05) is 27.5 Å². The molecule has 0 aliphatic heterocycles. The number of nitrogens with one attached hydrogen (secondary N) is 1. The van der Waals surface area contributed by atoms with Crippen LogP contribution in [0.3, 0.4) is 0 Å². The smallest absolute Gasteiger partial charge is 0.276 e. The lowest BCUT2D eigenvalue weighted by Crippen LogP contribution is -2.25. The zero-order valence-corrected chi connectivity index (χ0v) is 11.0. The first-order valence-electron chi connectivity index (χ1n) is 4.51. The molecule has 4 nitrogen and oxygen atoms in total. The molecule has 0 saturated carbocycles. The van der Waals surface area contributed by atoms with Gasteiger partial charge < -0.3 is 4.74 Å². The van der Waals surface area contributed by atoms with Crippen LogP contribution in [0.25, 0.3) is 0 Å². The molecule has 0 aromatic heterocycles. The molecule has 0 aliphatic rings. The van der Waals surface area contributed by atoms with E-state index < -0.39 is 0 Å². The van der Waals surface area contributed by atoms with Gasteiger partial charge in [-0.2, -0.15) is 0 Å².